The van der Waals surface area contributed by atoms with Crippen molar-refractivity contribution in [3.8, 4) is 0 Å². The number of hydrogen-bond donors (Lipinski definition) is 1. The Hall–Kier alpha value is -1.98. The van der Waals surface area contributed by atoms with Crippen LogP contribution in [-0.2, 0) is 4.79 Å². The predicted octanol–water partition coefficient (Wildman–Crippen LogP) is 2.78. The van der Waals surface area contributed by atoms with Crippen LogP contribution in [0, 0.1) is 0 Å². The molecule has 0 saturated carbocycles. The van der Waals surface area contributed by atoms with E-state index in [0.29, 0.717) is 6.08 Å². The van der Waals surface area contributed by atoms with E-state index in [1.807, 2.05) is 0 Å². The molecule has 0 spiro atoms. The van der Waals surface area contributed by atoms with E-state index in [9.17, 15) is 18.0 Å². The molecule has 98 valence electrons. The highest BCUT2D eigenvalue weighted by Crippen LogP contribution is 2.28. The first-order valence-corrected chi connectivity index (χ1v) is 5.01. The van der Waals surface area contributed by atoms with Gasteiger partial charge in [-0.25, -0.2) is 4.79 Å². The number of carboxylic acids is 1. The van der Waals surface area contributed by atoms with Crippen LogP contribution < -0.4 is 4.90 Å². The lowest BCUT2D eigenvalue weighted by Crippen LogP contribution is -2.19. The van der Waals surface area contributed by atoms with Gasteiger partial charge in [0.05, 0.1) is 0 Å². The van der Waals surface area contributed by atoms with E-state index in [4.69, 9.17) is 5.11 Å². The van der Waals surface area contributed by atoms with Crippen LogP contribution in [0.15, 0.2) is 29.8 Å². The summed E-state index contributed by atoms with van der Waals surface area (Å²) in [5, 5.41) is 8.52. The fraction of sp³-hybridized carbons (Fsp3) is 0.250. The predicted molar refractivity (Wildman–Crippen MR) is 62.4 cm³/mol. The number of carbonyl (C=O) groups is 1. The van der Waals surface area contributed by atoms with Crippen LogP contribution in [0.2, 0.25) is 0 Å². The molecule has 0 atom stereocenters. The molecule has 3 nitrogen and oxygen atoms in total. The van der Waals surface area contributed by atoms with Gasteiger partial charge in [0.1, 0.15) is 5.57 Å². The summed E-state index contributed by atoms with van der Waals surface area (Å²) in [6.45, 7) is 0. The molecule has 0 aliphatic heterocycles. The van der Waals surface area contributed by atoms with E-state index < -0.39 is 17.7 Å². The summed E-state index contributed by atoms with van der Waals surface area (Å²) in [4.78, 5) is 12.3. The summed E-state index contributed by atoms with van der Waals surface area (Å²) < 4.78 is 37.2. The quantitative estimate of drug-likeness (QED) is 0.848. The van der Waals surface area contributed by atoms with Crippen molar-refractivity contribution in [1.29, 1.82) is 0 Å². The summed E-state index contributed by atoms with van der Waals surface area (Å²) in [6.07, 6.45) is -4.26. The van der Waals surface area contributed by atoms with Gasteiger partial charge in [-0.2, -0.15) is 13.2 Å². The van der Waals surface area contributed by atoms with Gasteiger partial charge in [-0.3, -0.25) is 0 Å². The molecule has 6 heteroatoms. The van der Waals surface area contributed by atoms with E-state index in [0.717, 1.165) is 5.69 Å². The van der Waals surface area contributed by atoms with Crippen molar-refractivity contribution in [1.82, 2.24) is 0 Å². The van der Waals surface area contributed by atoms with Crippen molar-refractivity contribution in [2.75, 3.05) is 19.0 Å². The van der Waals surface area contributed by atoms with E-state index in [2.05, 4.69) is 0 Å². The molecule has 0 radical (unpaired) electrons. The van der Waals surface area contributed by atoms with Crippen molar-refractivity contribution >= 4 is 17.7 Å². The summed E-state index contributed by atoms with van der Waals surface area (Å²) in [7, 11) is 3.59. The van der Waals surface area contributed by atoms with Gasteiger partial charge >= 0.3 is 12.1 Å². The Morgan fingerprint density at radius 3 is 2.06 bits per heavy atom. The van der Waals surface area contributed by atoms with Crippen LogP contribution in [0.5, 0.6) is 0 Å². The Labute approximate surface area is 102 Å². The standard InChI is InChI=1S/C12H12F3NO2/c1-16(2)9-5-3-8(4-6-9)7-10(11(17)18)12(13,14)15/h3-7H,1-2H3,(H,17,18)/b10-7-. The zero-order chi connectivity index (χ0) is 13.9. The molecule has 0 saturated heterocycles. The van der Waals surface area contributed by atoms with Gasteiger partial charge < -0.3 is 10.0 Å². The number of carboxylic acid groups (broad SMARTS) is 1. The van der Waals surface area contributed by atoms with E-state index in [1.54, 1.807) is 31.1 Å². The molecule has 0 bridgehead atoms. The molecule has 18 heavy (non-hydrogen) atoms. The highest BCUT2D eigenvalue weighted by Gasteiger charge is 2.38. The summed E-state index contributed by atoms with van der Waals surface area (Å²) in [5.41, 5.74) is -0.577. The molecule has 0 aromatic heterocycles. The number of anilines is 1. The molecule has 1 aromatic carbocycles. The van der Waals surface area contributed by atoms with Gasteiger partial charge in [0.2, 0.25) is 0 Å². The highest BCUT2D eigenvalue weighted by atomic mass is 19.4. The average molecular weight is 259 g/mol. The number of aliphatic carboxylic acids is 1. The molecule has 0 aliphatic rings. The van der Waals surface area contributed by atoms with Crippen LogP contribution in [-0.4, -0.2) is 31.3 Å². The SMILES string of the molecule is CN(C)c1ccc(/C=C(/C(=O)O)C(F)(F)F)cc1. The minimum atomic E-state index is -4.87. The smallest absolute Gasteiger partial charge is 0.423 e. The maximum absolute atomic E-state index is 12.4. The lowest BCUT2D eigenvalue weighted by atomic mass is 10.1. The van der Waals surface area contributed by atoms with Crippen LogP contribution in [0.25, 0.3) is 6.08 Å². The lowest BCUT2D eigenvalue weighted by Gasteiger charge is -2.12. The van der Waals surface area contributed by atoms with Crippen molar-refractivity contribution in [2.24, 2.45) is 0 Å². The average Bonchev–Trinajstić information content (AvgIpc) is 2.24. The van der Waals surface area contributed by atoms with Crippen LogP contribution >= 0.6 is 0 Å². The summed E-state index contributed by atoms with van der Waals surface area (Å²) in [6, 6.07) is 6.09. The minimum Gasteiger partial charge on any atom is -0.478 e. The zero-order valence-electron chi connectivity index (χ0n) is 9.82. The largest absolute Gasteiger partial charge is 0.478 e. The maximum Gasteiger partial charge on any atom is 0.423 e. The molecule has 0 aliphatic carbocycles. The number of halogens is 3. The third kappa shape index (κ3) is 3.51. The van der Waals surface area contributed by atoms with Gasteiger partial charge in [0.25, 0.3) is 0 Å². The van der Waals surface area contributed by atoms with Crippen molar-refractivity contribution < 1.29 is 23.1 Å². The third-order valence-electron chi connectivity index (χ3n) is 2.26. The number of rotatable bonds is 3. The second-order valence-corrected chi connectivity index (χ2v) is 3.85. The number of hydrogen-bond acceptors (Lipinski definition) is 2. The minimum absolute atomic E-state index is 0.190. The Bertz CT molecular complexity index is 461. The Morgan fingerprint density at radius 2 is 1.72 bits per heavy atom. The molecule has 0 heterocycles. The number of nitrogens with zero attached hydrogens (tertiary/aromatic N) is 1. The first kappa shape index (κ1) is 14.1. The van der Waals surface area contributed by atoms with Gasteiger partial charge in [0, 0.05) is 19.8 Å². The summed E-state index contributed by atoms with van der Waals surface area (Å²) in [5.74, 6) is -1.99. The molecule has 1 N–H and O–H groups in total. The van der Waals surface area contributed by atoms with Crippen molar-refractivity contribution in [2.45, 2.75) is 6.18 Å². The zero-order valence-corrected chi connectivity index (χ0v) is 9.82. The highest BCUT2D eigenvalue weighted by molar-refractivity contribution is 5.93. The lowest BCUT2D eigenvalue weighted by molar-refractivity contribution is -0.144. The first-order chi connectivity index (χ1) is 8.21. The Kier molecular flexibility index (Phi) is 4.00. The topological polar surface area (TPSA) is 40.5 Å². The fourth-order valence-corrected chi connectivity index (χ4v) is 1.30. The van der Waals surface area contributed by atoms with E-state index in [-0.39, 0.29) is 5.56 Å². The summed E-state index contributed by atoms with van der Waals surface area (Å²) >= 11 is 0. The van der Waals surface area contributed by atoms with Crippen LogP contribution in [0.3, 0.4) is 0 Å². The van der Waals surface area contributed by atoms with Crippen LogP contribution in [0.1, 0.15) is 5.56 Å². The van der Waals surface area contributed by atoms with Gasteiger partial charge in [0.15, 0.2) is 0 Å². The molecule has 0 amide bonds. The molecule has 0 unspecified atom stereocenters. The molecular weight excluding hydrogens is 247 g/mol. The van der Waals surface area contributed by atoms with E-state index >= 15 is 0 Å². The second kappa shape index (κ2) is 5.12. The Balaban J connectivity index is 3.10. The van der Waals surface area contributed by atoms with Gasteiger partial charge in [-0.05, 0) is 23.8 Å². The second-order valence-electron chi connectivity index (χ2n) is 3.85. The number of benzene rings is 1. The molecule has 1 aromatic rings. The Morgan fingerprint density at radius 1 is 1.22 bits per heavy atom. The van der Waals surface area contributed by atoms with Gasteiger partial charge in [-0.15, -0.1) is 0 Å². The third-order valence-corrected chi connectivity index (χ3v) is 2.26. The normalized spacial score (nSPS) is 12.4. The maximum atomic E-state index is 12.4. The fourth-order valence-electron chi connectivity index (χ4n) is 1.30. The monoisotopic (exact) mass is 259 g/mol. The number of alkyl halides is 3. The molecular formula is C12H12F3NO2. The van der Waals surface area contributed by atoms with Crippen molar-refractivity contribution in [3.63, 3.8) is 0 Å². The van der Waals surface area contributed by atoms with Crippen molar-refractivity contribution in [3.05, 3.63) is 35.4 Å². The first-order valence-electron chi connectivity index (χ1n) is 5.01. The van der Waals surface area contributed by atoms with Gasteiger partial charge in [-0.1, -0.05) is 12.1 Å². The van der Waals surface area contributed by atoms with E-state index in [1.165, 1.54) is 12.1 Å². The molecule has 0 fully saturated rings. The molecule has 1 rings (SSSR count). The van der Waals surface area contributed by atoms with Crippen LogP contribution in [0.4, 0.5) is 18.9 Å².